The predicted octanol–water partition coefficient (Wildman–Crippen LogP) is 1.90. The molecule has 22 heavy (non-hydrogen) atoms. The lowest BCUT2D eigenvalue weighted by Crippen LogP contribution is -2.65. The van der Waals surface area contributed by atoms with Crippen LogP contribution in [0.25, 0.3) is 5.76 Å². The summed E-state index contributed by atoms with van der Waals surface area (Å²) in [5.74, 6) is 0.423. The van der Waals surface area contributed by atoms with E-state index in [4.69, 9.17) is 4.74 Å². The van der Waals surface area contributed by atoms with Crippen molar-refractivity contribution in [1.82, 2.24) is 10.2 Å². The molecule has 1 N–H and O–H groups in total. The Labute approximate surface area is 129 Å². The summed E-state index contributed by atoms with van der Waals surface area (Å²) in [5.41, 5.74) is 0.902. The van der Waals surface area contributed by atoms with Crippen molar-refractivity contribution < 1.29 is 14.3 Å². The third-order valence-corrected chi connectivity index (χ3v) is 4.09. The zero-order chi connectivity index (χ0) is 15.7. The van der Waals surface area contributed by atoms with Gasteiger partial charge < -0.3 is 10.1 Å². The minimum Gasteiger partial charge on any atom is -0.486 e. The van der Waals surface area contributed by atoms with E-state index in [2.05, 4.69) is 5.32 Å². The van der Waals surface area contributed by atoms with Crippen LogP contribution in [0.3, 0.4) is 0 Å². The summed E-state index contributed by atoms with van der Waals surface area (Å²) in [5, 5.41) is 2.81. The van der Waals surface area contributed by atoms with Crippen molar-refractivity contribution in [2.24, 2.45) is 0 Å². The number of fused-ring (bicyclic) bond motifs is 1. The second kappa shape index (κ2) is 5.83. The van der Waals surface area contributed by atoms with Gasteiger partial charge in [-0.25, -0.2) is 0 Å². The van der Waals surface area contributed by atoms with Gasteiger partial charge in [-0.2, -0.15) is 0 Å². The zero-order valence-corrected chi connectivity index (χ0v) is 12.8. The average Bonchev–Trinajstić information content (AvgIpc) is 2.52. The number of piperazine rings is 1. The van der Waals surface area contributed by atoms with Crippen molar-refractivity contribution in [2.45, 2.75) is 44.9 Å². The monoisotopic (exact) mass is 300 g/mol. The quantitative estimate of drug-likeness (QED) is 0.927. The molecule has 1 aromatic carbocycles. The topological polar surface area (TPSA) is 58.6 Å². The number of hydrogen-bond donors (Lipinski definition) is 1. The van der Waals surface area contributed by atoms with E-state index in [1.165, 1.54) is 0 Å². The van der Waals surface area contributed by atoms with E-state index in [0.717, 1.165) is 12.0 Å². The van der Waals surface area contributed by atoms with Gasteiger partial charge in [-0.15, -0.1) is 0 Å². The number of ether oxygens (including phenoxy) is 1. The summed E-state index contributed by atoms with van der Waals surface area (Å²) in [4.78, 5) is 26.5. The first-order valence-electron chi connectivity index (χ1n) is 7.68. The second-order valence-electron chi connectivity index (χ2n) is 5.72. The molecule has 5 heteroatoms. The van der Waals surface area contributed by atoms with Crippen molar-refractivity contribution in [1.29, 1.82) is 0 Å². The van der Waals surface area contributed by atoms with E-state index >= 15 is 0 Å². The molecule has 0 aliphatic carbocycles. The SMILES string of the molecule is CCC[C@@H]1NC(=O)[C@@H]2[C@@H](C)OC(c3ccccc3)=CN2C1=O. The van der Waals surface area contributed by atoms with Crippen LogP contribution in [0.1, 0.15) is 32.3 Å². The van der Waals surface area contributed by atoms with Crippen LogP contribution in [0.4, 0.5) is 0 Å². The van der Waals surface area contributed by atoms with Crippen LogP contribution in [-0.2, 0) is 14.3 Å². The van der Waals surface area contributed by atoms with Crippen LogP contribution in [0.5, 0.6) is 0 Å². The van der Waals surface area contributed by atoms with Crippen LogP contribution in [-0.4, -0.2) is 34.9 Å². The molecule has 1 saturated heterocycles. The summed E-state index contributed by atoms with van der Waals surface area (Å²) in [7, 11) is 0. The highest BCUT2D eigenvalue weighted by atomic mass is 16.5. The molecule has 1 aromatic rings. The fraction of sp³-hybridized carbons (Fsp3) is 0.412. The van der Waals surface area contributed by atoms with Gasteiger partial charge in [0, 0.05) is 5.56 Å². The van der Waals surface area contributed by atoms with Crippen LogP contribution in [0, 0.1) is 0 Å². The summed E-state index contributed by atoms with van der Waals surface area (Å²) < 4.78 is 5.86. The van der Waals surface area contributed by atoms with Crippen LogP contribution >= 0.6 is 0 Å². The lowest BCUT2D eigenvalue weighted by molar-refractivity contribution is -0.151. The zero-order valence-electron chi connectivity index (χ0n) is 12.8. The van der Waals surface area contributed by atoms with E-state index in [9.17, 15) is 9.59 Å². The maximum Gasteiger partial charge on any atom is 0.250 e. The van der Waals surface area contributed by atoms with Crippen molar-refractivity contribution in [3.63, 3.8) is 0 Å². The van der Waals surface area contributed by atoms with Gasteiger partial charge in [0.05, 0.1) is 6.20 Å². The average molecular weight is 300 g/mol. The Morgan fingerprint density at radius 1 is 1.23 bits per heavy atom. The number of carbonyl (C=O) groups is 2. The molecule has 116 valence electrons. The molecule has 0 bridgehead atoms. The molecule has 0 unspecified atom stereocenters. The summed E-state index contributed by atoms with van der Waals surface area (Å²) in [6.45, 7) is 3.82. The van der Waals surface area contributed by atoms with Crippen LogP contribution < -0.4 is 5.32 Å². The fourth-order valence-corrected chi connectivity index (χ4v) is 3.00. The molecule has 5 nitrogen and oxygen atoms in total. The number of nitrogens with zero attached hydrogens (tertiary/aromatic N) is 1. The normalized spacial score (nSPS) is 27.6. The van der Waals surface area contributed by atoms with Gasteiger partial charge in [0.1, 0.15) is 17.9 Å². The minimum atomic E-state index is -0.590. The third-order valence-electron chi connectivity index (χ3n) is 4.09. The molecule has 2 aliphatic heterocycles. The van der Waals surface area contributed by atoms with Crippen molar-refractivity contribution in [2.75, 3.05) is 0 Å². The lowest BCUT2D eigenvalue weighted by atomic mass is 9.99. The van der Waals surface area contributed by atoms with Gasteiger partial charge >= 0.3 is 0 Å². The molecule has 1 fully saturated rings. The number of rotatable bonds is 3. The smallest absolute Gasteiger partial charge is 0.250 e. The lowest BCUT2D eigenvalue weighted by Gasteiger charge is -2.42. The predicted molar refractivity (Wildman–Crippen MR) is 82.4 cm³/mol. The van der Waals surface area contributed by atoms with Crippen molar-refractivity contribution in [3.8, 4) is 0 Å². The molecule has 0 radical (unpaired) electrons. The van der Waals surface area contributed by atoms with Crippen LogP contribution in [0.2, 0.25) is 0 Å². The molecule has 3 atom stereocenters. The number of carbonyl (C=O) groups excluding carboxylic acids is 2. The minimum absolute atomic E-state index is 0.0602. The summed E-state index contributed by atoms with van der Waals surface area (Å²) in [6, 6.07) is 8.59. The van der Waals surface area contributed by atoms with E-state index in [-0.39, 0.29) is 17.9 Å². The molecule has 2 aliphatic rings. The largest absolute Gasteiger partial charge is 0.486 e. The highest BCUT2D eigenvalue weighted by molar-refractivity contribution is 5.98. The van der Waals surface area contributed by atoms with Crippen molar-refractivity contribution >= 4 is 17.6 Å². The molecule has 0 spiro atoms. The standard InChI is InChI=1S/C17H20N2O3/c1-3-7-13-17(21)19-10-14(12-8-5-4-6-9-12)22-11(2)15(19)16(20)18-13/h4-6,8-11,13,15H,3,7H2,1-2H3,(H,18,20)/t11-,13+,15+/m1/s1. The van der Waals surface area contributed by atoms with E-state index in [1.54, 1.807) is 11.1 Å². The molecular formula is C17H20N2O3. The van der Waals surface area contributed by atoms with E-state index < -0.39 is 12.1 Å². The molecule has 0 saturated carbocycles. The molecular weight excluding hydrogens is 280 g/mol. The molecule has 0 aromatic heterocycles. The highest BCUT2D eigenvalue weighted by Gasteiger charge is 2.45. The molecule has 3 rings (SSSR count). The van der Waals surface area contributed by atoms with Crippen molar-refractivity contribution in [3.05, 3.63) is 42.1 Å². The van der Waals surface area contributed by atoms with Gasteiger partial charge in [0.15, 0.2) is 6.04 Å². The maximum atomic E-state index is 12.6. The Morgan fingerprint density at radius 3 is 2.64 bits per heavy atom. The summed E-state index contributed by atoms with van der Waals surface area (Å²) in [6.07, 6.45) is 2.78. The Bertz CT molecular complexity index is 612. The highest BCUT2D eigenvalue weighted by Crippen LogP contribution is 2.29. The number of hydrogen-bond acceptors (Lipinski definition) is 3. The Balaban J connectivity index is 1.95. The van der Waals surface area contributed by atoms with Gasteiger partial charge in [-0.1, -0.05) is 43.7 Å². The van der Waals surface area contributed by atoms with Gasteiger partial charge in [0.25, 0.3) is 0 Å². The summed E-state index contributed by atoms with van der Waals surface area (Å²) >= 11 is 0. The molecule has 2 heterocycles. The second-order valence-corrected chi connectivity index (χ2v) is 5.72. The van der Waals surface area contributed by atoms with E-state index in [1.807, 2.05) is 44.2 Å². The number of amides is 2. The maximum absolute atomic E-state index is 12.6. The first-order chi connectivity index (χ1) is 10.6. The Kier molecular flexibility index (Phi) is 3.88. The first-order valence-corrected chi connectivity index (χ1v) is 7.68. The first kappa shape index (κ1) is 14.6. The Hall–Kier alpha value is -2.30. The number of benzene rings is 1. The fourth-order valence-electron chi connectivity index (χ4n) is 3.00. The Morgan fingerprint density at radius 2 is 1.95 bits per heavy atom. The van der Waals surface area contributed by atoms with Gasteiger partial charge in [0.2, 0.25) is 11.8 Å². The van der Waals surface area contributed by atoms with Gasteiger partial charge in [-0.3, -0.25) is 14.5 Å². The number of nitrogens with one attached hydrogen (secondary N) is 1. The third kappa shape index (κ3) is 2.47. The van der Waals surface area contributed by atoms with E-state index in [0.29, 0.717) is 12.2 Å². The van der Waals surface area contributed by atoms with Gasteiger partial charge in [-0.05, 0) is 13.3 Å². The van der Waals surface area contributed by atoms with Crippen LogP contribution in [0.15, 0.2) is 36.5 Å². The molecule has 2 amide bonds.